The lowest BCUT2D eigenvalue weighted by atomic mass is 10.1. The summed E-state index contributed by atoms with van der Waals surface area (Å²) in [7, 11) is 0. The van der Waals surface area contributed by atoms with E-state index in [0.29, 0.717) is 24.9 Å². The van der Waals surface area contributed by atoms with E-state index in [1.54, 1.807) is 0 Å². The van der Waals surface area contributed by atoms with Crippen molar-refractivity contribution in [2.75, 3.05) is 18.4 Å². The van der Waals surface area contributed by atoms with Crippen molar-refractivity contribution in [1.82, 2.24) is 25.6 Å². The van der Waals surface area contributed by atoms with Crippen LogP contribution in [-0.2, 0) is 27.2 Å². The number of esters is 1. The van der Waals surface area contributed by atoms with Gasteiger partial charge in [-0.1, -0.05) is 30.3 Å². The molecule has 0 unspecified atom stereocenters. The SMILES string of the molecule is CC(C)(C)OC(=O)CNCc1cccc(Nc2ncnc(-c3cccc(CCCNC(=O)OC(C)(C)C)c3)n2)c1. The summed E-state index contributed by atoms with van der Waals surface area (Å²) in [4.78, 5) is 37.0. The van der Waals surface area contributed by atoms with Crippen molar-refractivity contribution in [3.63, 3.8) is 0 Å². The number of amides is 1. The van der Waals surface area contributed by atoms with Crippen LogP contribution in [0.5, 0.6) is 0 Å². The summed E-state index contributed by atoms with van der Waals surface area (Å²) in [5, 5.41) is 9.13. The first-order valence-electron chi connectivity index (χ1n) is 13.4. The van der Waals surface area contributed by atoms with Gasteiger partial charge in [-0.25, -0.2) is 14.8 Å². The van der Waals surface area contributed by atoms with Crippen LogP contribution in [0.25, 0.3) is 11.4 Å². The van der Waals surface area contributed by atoms with Crippen molar-refractivity contribution in [2.45, 2.75) is 72.1 Å². The van der Waals surface area contributed by atoms with Crippen LogP contribution < -0.4 is 16.0 Å². The number of carbonyl (C=O) groups is 2. The second kappa shape index (κ2) is 13.8. The monoisotopic (exact) mass is 548 g/mol. The highest BCUT2D eigenvalue weighted by molar-refractivity contribution is 5.72. The van der Waals surface area contributed by atoms with Crippen LogP contribution >= 0.6 is 0 Å². The van der Waals surface area contributed by atoms with Gasteiger partial charge in [-0.2, -0.15) is 4.98 Å². The normalized spacial score (nSPS) is 11.6. The minimum Gasteiger partial charge on any atom is -0.459 e. The predicted octanol–water partition coefficient (Wildman–Crippen LogP) is 5.17. The number of nitrogens with zero attached hydrogens (tertiary/aromatic N) is 3. The fraction of sp³-hybridized carbons (Fsp3) is 0.433. The highest BCUT2D eigenvalue weighted by atomic mass is 16.6. The molecule has 0 saturated carbocycles. The summed E-state index contributed by atoms with van der Waals surface area (Å²) >= 11 is 0. The molecule has 0 spiro atoms. The fourth-order valence-corrected chi connectivity index (χ4v) is 3.73. The molecule has 40 heavy (non-hydrogen) atoms. The third kappa shape index (κ3) is 11.4. The molecule has 0 aliphatic rings. The van der Waals surface area contributed by atoms with Crippen LogP contribution in [0.3, 0.4) is 0 Å². The summed E-state index contributed by atoms with van der Waals surface area (Å²) in [6.07, 6.45) is 2.63. The van der Waals surface area contributed by atoms with Crippen LogP contribution in [0.15, 0.2) is 54.9 Å². The highest BCUT2D eigenvalue weighted by Gasteiger charge is 2.16. The lowest BCUT2D eigenvalue weighted by Crippen LogP contribution is -2.33. The Balaban J connectivity index is 1.54. The molecule has 3 aromatic rings. The average Bonchev–Trinajstić information content (AvgIpc) is 2.85. The van der Waals surface area contributed by atoms with E-state index in [-0.39, 0.29) is 12.5 Å². The first-order valence-corrected chi connectivity index (χ1v) is 13.4. The van der Waals surface area contributed by atoms with E-state index < -0.39 is 17.3 Å². The quantitative estimate of drug-likeness (QED) is 0.220. The molecule has 3 rings (SSSR count). The van der Waals surface area contributed by atoms with Crippen molar-refractivity contribution in [3.05, 3.63) is 66.0 Å². The van der Waals surface area contributed by atoms with Crippen LogP contribution in [-0.4, -0.2) is 51.3 Å². The highest BCUT2D eigenvalue weighted by Crippen LogP contribution is 2.20. The minimum atomic E-state index is -0.514. The number of ether oxygens (including phenoxy) is 2. The van der Waals surface area contributed by atoms with Crippen molar-refractivity contribution in [3.8, 4) is 11.4 Å². The van der Waals surface area contributed by atoms with Crippen molar-refractivity contribution in [2.24, 2.45) is 0 Å². The molecule has 0 fully saturated rings. The Bertz CT molecular complexity index is 1280. The van der Waals surface area contributed by atoms with Crippen LogP contribution in [0, 0.1) is 0 Å². The summed E-state index contributed by atoms with van der Waals surface area (Å²) in [6.45, 7) is 12.2. The third-order valence-electron chi connectivity index (χ3n) is 5.27. The Morgan fingerprint density at radius 2 is 1.60 bits per heavy atom. The Labute approximate surface area is 236 Å². The molecule has 10 heteroatoms. The summed E-state index contributed by atoms with van der Waals surface area (Å²) < 4.78 is 10.6. The van der Waals surface area contributed by atoms with Gasteiger partial charge < -0.3 is 25.4 Å². The second-order valence-corrected chi connectivity index (χ2v) is 11.4. The number of anilines is 2. The molecular formula is C30H40N6O4. The van der Waals surface area contributed by atoms with Gasteiger partial charge >= 0.3 is 12.1 Å². The molecule has 10 nitrogen and oxygen atoms in total. The van der Waals surface area contributed by atoms with Crippen molar-refractivity contribution in [1.29, 1.82) is 0 Å². The van der Waals surface area contributed by atoms with E-state index >= 15 is 0 Å². The molecule has 0 atom stereocenters. The number of hydrogen-bond acceptors (Lipinski definition) is 9. The van der Waals surface area contributed by atoms with Gasteiger partial charge in [0.15, 0.2) is 5.82 Å². The van der Waals surface area contributed by atoms with Crippen LogP contribution in [0.4, 0.5) is 16.4 Å². The molecule has 0 bridgehead atoms. The molecule has 1 aromatic heterocycles. The van der Waals surface area contributed by atoms with Gasteiger partial charge in [0.2, 0.25) is 5.95 Å². The molecule has 0 saturated heterocycles. The van der Waals surface area contributed by atoms with E-state index in [2.05, 4.69) is 30.9 Å². The van der Waals surface area contributed by atoms with Crippen LogP contribution in [0.2, 0.25) is 0 Å². The lowest BCUT2D eigenvalue weighted by molar-refractivity contribution is -0.153. The van der Waals surface area contributed by atoms with Gasteiger partial charge in [0.25, 0.3) is 0 Å². The zero-order valence-corrected chi connectivity index (χ0v) is 24.2. The molecule has 1 heterocycles. The number of alkyl carbamates (subject to hydrolysis) is 1. The average molecular weight is 549 g/mol. The lowest BCUT2D eigenvalue weighted by Gasteiger charge is -2.19. The topological polar surface area (TPSA) is 127 Å². The van der Waals surface area contributed by atoms with Gasteiger partial charge in [-0.15, -0.1) is 0 Å². The van der Waals surface area contributed by atoms with E-state index in [0.717, 1.165) is 35.2 Å². The minimum absolute atomic E-state index is 0.130. The first kappa shape index (κ1) is 30.5. The molecule has 0 aliphatic heterocycles. The summed E-state index contributed by atoms with van der Waals surface area (Å²) in [5.41, 5.74) is 2.79. The molecular weight excluding hydrogens is 508 g/mol. The Morgan fingerprint density at radius 1 is 0.875 bits per heavy atom. The molecule has 0 radical (unpaired) electrons. The van der Waals surface area contributed by atoms with Gasteiger partial charge in [0.05, 0.1) is 6.54 Å². The number of carbonyl (C=O) groups excluding carboxylic acids is 2. The van der Waals surface area contributed by atoms with E-state index in [9.17, 15) is 9.59 Å². The number of nitrogens with one attached hydrogen (secondary N) is 3. The van der Waals surface area contributed by atoms with Gasteiger partial charge in [-0.05, 0) is 83.7 Å². The molecule has 0 aliphatic carbocycles. The molecule has 2 aromatic carbocycles. The zero-order valence-electron chi connectivity index (χ0n) is 24.2. The smallest absolute Gasteiger partial charge is 0.407 e. The standard InChI is InChI=1S/C30H40N6O4/c1-29(2,3)39-25(37)19-31-18-22-11-8-14-24(17-22)35-27-34-20-33-26(36-27)23-13-7-10-21(16-23)12-9-15-32-28(38)40-30(4,5)6/h7-8,10-11,13-14,16-17,20,31H,9,12,15,18-19H2,1-6H3,(H,32,38)(H,33,34,35,36). The largest absolute Gasteiger partial charge is 0.459 e. The van der Waals surface area contributed by atoms with Gasteiger partial charge in [-0.3, -0.25) is 4.79 Å². The van der Waals surface area contributed by atoms with Crippen molar-refractivity contribution >= 4 is 23.7 Å². The number of benzene rings is 2. The predicted molar refractivity (Wildman–Crippen MR) is 155 cm³/mol. The number of rotatable bonds is 11. The second-order valence-electron chi connectivity index (χ2n) is 11.4. The Morgan fingerprint density at radius 3 is 2.35 bits per heavy atom. The van der Waals surface area contributed by atoms with Crippen LogP contribution in [0.1, 0.15) is 59.1 Å². The Hall–Kier alpha value is -4.05. The summed E-state index contributed by atoms with van der Waals surface area (Å²) in [5.74, 6) is 0.693. The Kier molecular flexibility index (Phi) is 10.6. The van der Waals surface area contributed by atoms with Gasteiger partial charge in [0, 0.05) is 24.3 Å². The fourth-order valence-electron chi connectivity index (χ4n) is 3.73. The van der Waals surface area contributed by atoms with E-state index in [4.69, 9.17) is 9.47 Å². The van der Waals surface area contributed by atoms with Gasteiger partial charge in [0.1, 0.15) is 17.5 Å². The summed E-state index contributed by atoms with van der Waals surface area (Å²) in [6, 6.07) is 15.8. The maximum absolute atomic E-state index is 11.9. The third-order valence-corrected chi connectivity index (χ3v) is 5.27. The number of aromatic nitrogens is 3. The zero-order chi connectivity index (χ0) is 29.2. The molecule has 1 amide bonds. The number of hydrogen-bond donors (Lipinski definition) is 3. The number of aryl methyl sites for hydroxylation is 1. The van der Waals surface area contributed by atoms with Crippen molar-refractivity contribution < 1.29 is 19.1 Å². The maximum Gasteiger partial charge on any atom is 0.407 e. The molecule has 214 valence electrons. The first-order chi connectivity index (χ1) is 18.9. The van der Waals surface area contributed by atoms with E-state index in [1.165, 1.54) is 6.33 Å². The maximum atomic E-state index is 11.9. The van der Waals surface area contributed by atoms with E-state index in [1.807, 2.05) is 90.1 Å². The molecule has 3 N–H and O–H groups in total.